The van der Waals surface area contributed by atoms with Crippen LogP contribution in [0, 0.1) is 6.92 Å². The fourth-order valence-corrected chi connectivity index (χ4v) is 2.47. The van der Waals surface area contributed by atoms with Gasteiger partial charge in [0.05, 0.1) is 5.69 Å². The molecule has 108 valence electrons. The van der Waals surface area contributed by atoms with Crippen molar-refractivity contribution in [2.45, 2.75) is 19.8 Å². The van der Waals surface area contributed by atoms with Crippen LogP contribution in [-0.2, 0) is 12.8 Å². The number of hydrogen-bond acceptors (Lipinski definition) is 1. The monoisotopic (exact) mass is 298 g/mol. The van der Waals surface area contributed by atoms with Gasteiger partial charge in [0.25, 0.3) is 0 Å². The molecule has 0 aliphatic heterocycles. The van der Waals surface area contributed by atoms with E-state index in [9.17, 15) is 0 Å². The first-order valence-corrected chi connectivity index (χ1v) is 6.93. The average Bonchev–Trinajstić information content (AvgIpc) is 2.81. The molecule has 0 fully saturated rings. The summed E-state index contributed by atoms with van der Waals surface area (Å²) in [5, 5.41) is 0. The number of hydrogen-bond donors (Lipinski definition) is 1. The van der Waals surface area contributed by atoms with Crippen LogP contribution in [0.5, 0.6) is 0 Å². The lowest BCUT2D eigenvalue weighted by molar-refractivity contribution is 1.03. The Morgan fingerprint density at radius 2 is 1.33 bits per heavy atom. The van der Waals surface area contributed by atoms with Crippen molar-refractivity contribution in [2.75, 3.05) is 0 Å². The summed E-state index contributed by atoms with van der Waals surface area (Å²) in [6.07, 6.45) is 1.79. The van der Waals surface area contributed by atoms with Crippen molar-refractivity contribution in [3.8, 4) is 0 Å². The van der Waals surface area contributed by atoms with Gasteiger partial charge >= 0.3 is 0 Å². The maximum Gasteiger partial charge on any atom is 0.103 e. The molecule has 0 saturated heterocycles. The van der Waals surface area contributed by atoms with E-state index in [0.717, 1.165) is 24.4 Å². The fraction of sp³-hybridized carbons (Fsp3) is 0.167. The summed E-state index contributed by atoms with van der Waals surface area (Å²) in [4.78, 5) is 8.05. The van der Waals surface area contributed by atoms with Crippen LogP contribution in [0.3, 0.4) is 0 Å². The predicted molar refractivity (Wildman–Crippen MR) is 89.1 cm³/mol. The molecule has 0 spiro atoms. The van der Waals surface area contributed by atoms with Crippen LogP contribution in [0.15, 0.2) is 60.7 Å². The van der Waals surface area contributed by atoms with E-state index in [2.05, 4.69) is 58.5 Å². The van der Waals surface area contributed by atoms with E-state index in [1.54, 1.807) is 0 Å². The van der Waals surface area contributed by atoms with E-state index in [1.165, 1.54) is 16.8 Å². The number of aryl methyl sites for hydroxylation is 1. The minimum absolute atomic E-state index is 0. The second kappa shape index (κ2) is 7.09. The molecular weight excluding hydrogens is 280 g/mol. The number of halogens is 1. The van der Waals surface area contributed by atoms with Crippen LogP contribution < -0.4 is 0 Å². The first kappa shape index (κ1) is 15.3. The lowest BCUT2D eigenvalue weighted by Gasteiger charge is -2.03. The predicted octanol–water partition coefficient (Wildman–Crippen LogP) is 4.32. The molecule has 2 nitrogen and oxygen atoms in total. The number of nitrogens with zero attached hydrogens (tertiary/aromatic N) is 1. The van der Waals surface area contributed by atoms with Gasteiger partial charge in [-0.25, -0.2) is 4.98 Å². The number of benzene rings is 2. The molecule has 1 aromatic heterocycles. The molecule has 0 aliphatic carbocycles. The van der Waals surface area contributed by atoms with Gasteiger partial charge in [-0.05, 0) is 18.1 Å². The molecule has 3 rings (SSSR count). The second-order valence-electron chi connectivity index (χ2n) is 5.07. The van der Waals surface area contributed by atoms with E-state index in [1.807, 2.05) is 19.1 Å². The Hall–Kier alpha value is -2.06. The smallest absolute Gasteiger partial charge is 0.103 e. The van der Waals surface area contributed by atoms with Crippen molar-refractivity contribution < 1.29 is 0 Å². The van der Waals surface area contributed by atoms with Crippen LogP contribution in [0.25, 0.3) is 0 Å². The van der Waals surface area contributed by atoms with Gasteiger partial charge in [-0.3, -0.25) is 0 Å². The van der Waals surface area contributed by atoms with E-state index in [0.29, 0.717) is 0 Å². The van der Waals surface area contributed by atoms with Gasteiger partial charge in [-0.15, -0.1) is 12.4 Å². The van der Waals surface area contributed by atoms with Gasteiger partial charge in [0.1, 0.15) is 5.82 Å². The summed E-state index contributed by atoms with van der Waals surface area (Å²) in [7, 11) is 0. The SMILES string of the molecule is Cc1nc(Cc2ccccc2)c(Cc2ccccc2)[nH]1.Cl. The quantitative estimate of drug-likeness (QED) is 0.763. The molecule has 0 aliphatic rings. The molecule has 0 saturated carbocycles. The third kappa shape index (κ3) is 3.96. The Bertz CT molecular complexity index is 616. The standard InChI is InChI=1S/C18H18N2.ClH/c1-14-19-17(12-15-8-4-2-5-9-15)18(20-14)13-16-10-6-3-7-11-16;/h2-11H,12-13H2,1H3,(H,19,20);1H. The van der Waals surface area contributed by atoms with Crippen LogP contribution in [0.4, 0.5) is 0 Å². The summed E-state index contributed by atoms with van der Waals surface area (Å²) in [6, 6.07) is 21.0. The van der Waals surface area contributed by atoms with Crippen molar-refractivity contribution in [3.05, 3.63) is 89.0 Å². The Balaban J connectivity index is 0.00000161. The molecule has 3 aromatic rings. The molecule has 1 N–H and O–H groups in total. The van der Waals surface area contributed by atoms with Crippen molar-refractivity contribution >= 4 is 12.4 Å². The zero-order valence-electron chi connectivity index (χ0n) is 12.0. The highest BCUT2D eigenvalue weighted by Gasteiger charge is 2.09. The average molecular weight is 299 g/mol. The van der Waals surface area contributed by atoms with Crippen molar-refractivity contribution in [2.24, 2.45) is 0 Å². The zero-order valence-corrected chi connectivity index (χ0v) is 12.9. The van der Waals surface area contributed by atoms with E-state index in [4.69, 9.17) is 0 Å². The van der Waals surface area contributed by atoms with Crippen LogP contribution in [0.2, 0.25) is 0 Å². The Morgan fingerprint density at radius 1 is 0.810 bits per heavy atom. The lowest BCUT2D eigenvalue weighted by atomic mass is 10.0. The number of aromatic amines is 1. The van der Waals surface area contributed by atoms with E-state index < -0.39 is 0 Å². The Morgan fingerprint density at radius 3 is 1.90 bits per heavy atom. The summed E-state index contributed by atoms with van der Waals surface area (Å²) >= 11 is 0. The fourth-order valence-electron chi connectivity index (χ4n) is 2.47. The van der Waals surface area contributed by atoms with Crippen LogP contribution in [-0.4, -0.2) is 9.97 Å². The topological polar surface area (TPSA) is 28.7 Å². The summed E-state index contributed by atoms with van der Waals surface area (Å²) in [5.74, 6) is 0.988. The third-order valence-corrected chi connectivity index (χ3v) is 3.42. The van der Waals surface area contributed by atoms with Gasteiger partial charge < -0.3 is 4.98 Å². The molecule has 0 radical (unpaired) electrons. The number of imidazole rings is 1. The first-order valence-electron chi connectivity index (χ1n) is 6.93. The number of H-pyrrole nitrogens is 1. The highest BCUT2D eigenvalue weighted by Crippen LogP contribution is 2.16. The molecule has 0 amide bonds. The van der Waals surface area contributed by atoms with Crippen LogP contribution >= 0.6 is 12.4 Å². The maximum atomic E-state index is 4.65. The third-order valence-electron chi connectivity index (χ3n) is 3.42. The molecule has 21 heavy (non-hydrogen) atoms. The molecule has 2 aromatic carbocycles. The molecular formula is C18H19ClN2. The number of nitrogens with one attached hydrogen (secondary N) is 1. The van der Waals surface area contributed by atoms with Crippen LogP contribution in [0.1, 0.15) is 28.3 Å². The summed E-state index contributed by atoms with van der Waals surface area (Å²) in [5.41, 5.74) is 4.98. The largest absolute Gasteiger partial charge is 0.346 e. The first-order chi connectivity index (χ1) is 9.81. The minimum atomic E-state index is 0. The minimum Gasteiger partial charge on any atom is -0.346 e. The number of rotatable bonds is 4. The number of aromatic nitrogens is 2. The normalized spacial score (nSPS) is 10.1. The summed E-state index contributed by atoms with van der Waals surface area (Å²) in [6.45, 7) is 2.02. The molecule has 3 heteroatoms. The van der Waals surface area contributed by atoms with Crippen molar-refractivity contribution in [3.63, 3.8) is 0 Å². The van der Waals surface area contributed by atoms with Gasteiger partial charge in [0.2, 0.25) is 0 Å². The van der Waals surface area contributed by atoms with E-state index in [-0.39, 0.29) is 12.4 Å². The highest BCUT2D eigenvalue weighted by molar-refractivity contribution is 5.85. The lowest BCUT2D eigenvalue weighted by Crippen LogP contribution is -1.96. The Labute approximate surface area is 131 Å². The summed E-state index contributed by atoms with van der Waals surface area (Å²) < 4.78 is 0. The van der Waals surface area contributed by atoms with Gasteiger partial charge in [0, 0.05) is 18.5 Å². The molecule has 0 atom stereocenters. The molecule has 0 bridgehead atoms. The molecule has 1 heterocycles. The van der Waals surface area contributed by atoms with Gasteiger partial charge in [-0.1, -0.05) is 60.7 Å². The second-order valence-corrected chi connectivity index (χ2v) is 5.07. The highest BCUT2D eigenvalue weighted by atomic mass is 35.5. The molecule has 0 unspecified atom stereocenters. The Kier molecular flexibility index (Phi) is 5.18. The zero-order chi connectivity index (χ0) is 13.8. The van der Waals surface area contributed by atoms with Crippen molar-refractivity contribution in [1.82, 2.24) is 9.97 Å². The van der Waals surface area contributed by atoms with Gasteiger partial charge in [0.15, 0.2) is 0 Å². The maximum absolute atomic E-state index is 4.65. The van der Waals surface area contributed by atoms with Crippen molar-refractivity contribution in [1.29, 1.82) is 0 Å². The van der Waals surface area contributed by atoms with E-state index >= 15 is 0 Å². The van der Waals surface area contributed by atoms with Gasteiger partial charge in [-0.2, -0.15) is 0 Å².